The molecule has 0 saturated carbocycles. The molecule has 1 aliphatic heterocycles. The Hall–Kier alpha value is -5.03. The summed E-state index contributed by atoms with van der Waals surface area (Å²) in [5.41, 5.74) is 7.52. The molecule has 2 heterocycles. The Bertz CT molecular complexity index is 1840. The van der Waals surface area contributed by atoms with Crippen molar-refractivity contribution in [2.24, 2.45) is 0 Å². The van der Waals surface area contributed by atoms with Gasteiger partial charge in [-0.15, -0.1) is 0 Å². The predicted molar refractivity (Wildman–Crippen MR) is 204 cm³/mol. The molecule has 0 bridgehead atoms. The summed E-state index contributed by atoms with van der Waals surface area (Å²) in [6.07, 6.45) is 6.44. The number of hydrogen-bond acceptors (Lipinski definition) is 8. The zero-order valence-corrected chi connectivity index (χ0v) is 31.0. The van der Waals surface area contributed by atoms with Crippen LogP contribution < -0.4 is 20.7 Å². The predicted octanol–water partition coefficient (Wildman–Crippen LogP) is 8.41. The lowest BCUT2D eigenvalue weighted by Crippen LogP contribution is -2.33. The molecule has 3 aromatic carbocycles. The number of halogens is 1. The van der Waals surface area contributed by atoms with Crippen molar-refractivity contribution in [3.8, 4) is 16.9 Å². The first-order valence-electron chi connectivity index (χ1n) is 18.3. The molecule has 1 aromatic heterocycles. The summed E-state index contributed by atoms with van der Waals surface area (Å²) in [6.45, 7) is 13.9. The number of anilines is 3. The Morgan fingerprint density at radius 3 is 2.52 bits per heavy atom. The smallest absolute Gasteiger partial charge is 0.413 e. The maximum absolute atomic E-state index is 14.8. The maximum atomic E-state index is 14.8. The summed E-state index contributed by atoms with van der Waals surface area (Å²) in [5, 5.41) is 8.65. The second kappa shape index (κ2) is 18.5. The summed E-state index contributed by atoms with van der Waals surface area (Å²) >= 11 is 0. The molecule has 1 unspecified atom stereocenters. The number of nitrogens with zero attached hydrogens (tertiary/aromatic N) is 3. The molecule has 4 aromatic rings. The number of ether oxygens (including phenoxy) is 2. The molecule has 1 atom stereocenters. The van der Waals surface area contributed by atoms with Crippen LogP contribution >= 0.6 is 0 Å². The number of aromatic nitrogens is 2. The van der Waals surface area contributed by atoms with Gasteiger partial charge in [-0.05, 0) is 124 Å². The van der Waals surface area contributed by atoms with Crippen LogP contribution in [-0.2, 0) is 22.6 Å². The highest BCUT2D eigenvalue weighted by Gasteiger charge is 2.16. The van der Waals surface area contributed by atoms with Crippen molar-refractivity contribution < 1.29 is 23.5 Å². The second-order valence-electron chi connectivity index (χ2n) is 13.6. The first-order chi connectivity index (χ1) is 25.1. The molecule has 0 radical (unpaired) electrons. The number of rotatable bonds is 15. The molecule has 1 aliphatic rings. The van der Waals surface area contributed by atoms with E-state index in [1.165, 1.54) is 48.7 Å². The van der Waals surface area contributed by atoms with Gasteiger partial charge in [0, 0.05) is 30.5 Å². The van der Waals surface area contributed by atoms with E-state index < -0.39 is 11.9 Å². The molecular weight excluding hydrogens is 659 g/mol. The van der Waals surface area contributed by atoms with E-state index in [4.69, 9.17) is 9.47 Å². The quantitative estimate of drug-likeness (QED) is 0.105. The Balaban J connectivity index is 1.20. The Kier molecular flexibility index (Phi) is 13.6. The largest absolute Gasteiger partial charge is 0.490 e. The van der Waals surface area contributed by atoms with Crippen LogP contribution in [-0.4, -0.2) is 59.2 Å². The Morgan fingerprint density at radius 2 is 1.75 bits per heavy atom. The molecule has 5 rings (SSSR count). The minimum Gasteiger partial charge on any atom is -0.490 e. The minimum atomic E-state index is -0.708. The van der Waals surface area contributed by atoms with E-state index >= 15 is 0 Å². The van der Waals surface area contributed by atoms with Crippen molar-refractivity contribution in [2.75, 3.05) is 36.9 Å². The van der Waals surface area contributed by atoms with Crippen LogP contribution in [0.5, 0.6) is 5.75 Å². The first-order valence-corrected chi connectivity index (χ1v) is 18.3. The minimum absolute atomic E-state index is 0.0313. The number of benzene rings is 3. The number of likely N-dealkylation sites (tertiary alicyclic amines) is 1. The Morgan fingerprint density at radius 1 is 0.962 bits per heavy atom. The first kappa shape index (κ1) is 38.2. The van der Waals surface area contributed by atoms with Gasteiger partial charge in [-0.25, -0.2) is 14.2 Å². The number of carbonyl (C=O) groups excluding carboxylic acids is 2. The van der Waals surface area contributed by atoms with Gasteiger partial charge < -0.3 is 25.0 Å². The van der Waals surface area contributed by atoms with Crippen molar-refractivity contribution in [2.45, 2.75) is 85.8 Å². The Labute approximate surface area is 306 Å². The third-order valence-electron chi connectivity index (χ3n) is 9.66. The third kappa shape index (κ3) is 10.7. The van der Waals surface area contributed by atoms with E-state index in [0.717, 1.165) is 60.3 Å². The SMILES string of the molecule is CCC(C)NC(=O)Cc1ccc(-c2ccc(C)c(C)c2C)c(COC(=O)Nc2ccnc(Nc3ccc(OCCCN4CCCCC4)c(F)c3)n2)c1. The normalized spacial score (nSPS) is 13.7. The summed E-state index contributed by atoms with van der Waals surface area (Å²) < 4.78 is 26.2. The van der Waals surface area contributed by atoms with Crippen LogP contribution in [0.3, 0.4) is 0 Å². The van der Waals surface area contributed by atoms with Crippen LogP contribution in [0.25, 0.3) is 11.1 Å². The summed E-state index contributed by atoms with van der Waals surface area (Å²) in [6, 6.07) is 16.2. The van der Waals surface area contributed by atoms with Gasteiger partial charge in [-0.3, -0.25) is 10.1 Å². The van der Waals surface area contributed by atoms with Crippen molar-refractivity contribution >= 4 is 29.5 Å². The zero-order valence-electron chi connectivity index (χ0n) is 31.0. The highest BCUT2D eigenvalue weighted by Crippen LogP contribution is 2.32. The number of piperidine rings is 1. The lowest BCUT2D eigenvalue weighted by molar-refractivity contribution is -0.121. The molecule has 52 heavy (non-hydrogen) atoms. The fraction of sp³-hybridized carbons (Fsp3) is 0.415. The van der Waals surface area contributed by atoms with E-state index in [1.807, 2.05) is 32.0 Å². The number of amides is 2. The number of carbonyl (C=O) groups is 2. The molecule has 1 fully saturated rings. The van der Waals surface area contributed by atoms with Crippen LogP contribution in [0.15, 0.2) is 60.8 Å². The topological polar surface area (TPSA) is 118 Å². The highest BCUT2D eigenvalue weighted by molar-refractivity contribution is 5.84. The number of nitrogens with one attached hydrogen (secondary N) is 3. The zero-order chi connectivity index (χ0) is 37.0. The molecule has 0 aliphatic carbocycles. The van der Waals surface area contributed by atoms with Crippen LogP contribution in [0.2, 0.25) is 0 Å². The molecule has 2 amide bonds. The van der Waals surface area contributed by atoms with Gasteiger partial charge in [0.15, 0.2) is 11.6 Å². The van der Waals surface area contributed by atoms with Gasteiger partial charge in [0.25, 0.3) is 0 Å². The van der Waals surface area contributed by atoms with Gasteiger partial charge >= 0.3 is 6.09 Å². The van der Waals surface area contributed by atoms with Gasteiger partial charge in [0.2, 0.25) is 11.9 Å². The fourth-order valence-electron chi connectivity index (χ4n) is 6.25. The van der Waals surface area contributed by atoms with Crippen molar-refractivity contribution in [3.05, 3.63) is 94.4 Å². The van der Waals surface area contributed by atoms with Gasteiger partial charge in [0.05, 0.1) is 13.0 Å². The monoisotopic (exact) mass is 710 g/mol. The molecule has 10 nitrogen and oxygen atoms in total. The van der Waals surface area contributed by atoms with Crippen molar-refractivity contribution in [1.82, 2.24) is 20.2 Å². The fourth-order valence-corrected chi connectivity index (χ4v) is 6.25. The third-order valence-corrected chi connectivity index (χ3v) is 9.66. The van der Waals surface area contributed by atoms with Gasteiger partial charge in [-0.1, -0.05) is 43.7 Å². The number of aryl methyl sites for hydroxylation is 1. The lowest BCUT2D eigenvalue weighted by Gasteiger charge is -2.26. The van der Waals surface area contributed by atoms with Crippen molar-refractivity contribution in [3.63, 3.8) is 0 Å². The van der Waals surface area contributed by atoms with Gasteiger partial charge in [-0.2, -0.15) is 4.98 Å². The van der Waals surface area contributed by atoms with Crippen molar-refractivity contribution in [1.29, 1.82) is 0 Å². The standard InChI is InChI=1S/C41H51FN6O4/c1-6-28(3)44-39(49)24-31-12-15-35(34-14-11-27(2)29(4)30(34)5)32(23-31)26-52-41(50)47-38-17-18-43-40(46-38)45-33-13-16-37(36(42)25-33)51-22-10-21-48-19-8-7-9-20-48/h11-18,23,25,28H,6-10,19-22,24,26H2,1-5H3,(H,44,49)(H2,43,45,46,47,50). The van der Waals surface area contributed by atoms with E-state index in [2.05, 4.69) is 63.7 Å². The van der Waals surface area contributed by atoms with E-state index in [1.54, 1.807) is 12.1 Å². The summed E-state index contributed by atoms with van der Waals surface area (Å²) in [4.78, 5) is 36.7. The van der Waals surface area contributed by atoms with E-state index in [0.29, 0.717) is 12.3 Å². The molecular formula is C41H51FN6O4. The van der Waals surface area contributed by atoms with Crippen LogP contribution in [0.1, 0.15) is 73.8 Å². The van der Waals surface area contributed by atoms with E-state index in [9.17, 15) is 14.0 Å². The molecule has 11 heteroatoms. The van der Waals surface area contributed by atoms with Gasteiger partial charge in [0.1, 0.15) is 12.4 Å². The average Bonchev–Trinajstić information content (AvgIpc) is 3.13. The molecule has 276 valence electrons. The molecule has 1 saturated heterocycles. The van der Waals surface area contributed by atoms with E-state index in [-0.39, 0.29) is 42.5 Å². The van der Waals surface area contributed by atoms with Crippen LogP contribution in [0, 0.1) is 26.6 Å². The summed E-state index contributed by atoms with van der Waals surface area (Å²) in [5.74, 6) is 0.0174. The molecule has 0 spiro atoms. The second-order valence-corrected chi connectivity index (χ2v) is 13.6. The average molecular weight is 711 g/mol. The highest BCUT2D eigenvalue weighted by atomic mass is 19.1. The van der Waals surface area contributed by atoms with Crippen LogP contribution in [0.4, 0.5) is 26.6 Å². The molecule has 3 N–H and O–H groups in total. The maximum Gasteiger partial charge on any atom is 0.413 e. The number of hydrogen-bond donors (Lipinski definition) is 3. The lowest BCUT2D eigenvalue weighted by atomic mass is 9.90. The summed E-state index contributed by atoms with van der Waals surface area (Å²) in [7, 11) is 0.